The lowest BCUT2D eigenvalue weighted by molar-refractivity contribution is -0.387. The molecule has 0 saturated heterocycles. The molecular weight excluding hydrogens is 446 g/mol. The third kappa shape index (κ3) is 4.97. The second kappa shape index (κ2) is 9.46. The smallest absolute Gasteiger partial charge is 0.283 e. The van der Waals surface area contributed by atoms with Crippen LogP contribution in [0.25, 0.3) is 6.08 Å². The van der Waals surface area contributed by atoms with Crippen molar-refractivity contribution in [2.75, 3.05) is 18.5 Å². The van der Waals surface area contributed by atoms with Crippen molar-refractivity contribution in [3.63, 3.8) is 0 Å². The highest BCUT2D eigenvalue weighted by Gasteiger charge is 2.19. The number of nitrogens with one attached hydrogen (secondary N) is 1. The second-order valence-electron chi connectivity index (χ2n) is 6.89. The maximum Gasteiger partial charge on any atom is 0.283 e. The summed E-state index contributed by atoms with van der Waals surface area (Å²) in [6.45, 7) is 0.853. The molecule has 0 radical (unpaired) electrons. The Balaban J connectivity index is 1.56. The number of hydrogen-bond acceptors (Lipinski definition) is 8. The zero-order valence-electron chi connectivity index (χ0n) is 17.3. The van der Waals surface area contributed by atoms with E-state index in [4.69, 9.17) is 9.47 Å². The van der Waals surface area contributed by atoms with Gasteiger partial charge >= 0.3 is 0 Å². The molecule has 0 bridgehead atoms. The van der Waals surface area contributed by atoms with Crippen molar-refractivity contribution in [2.45, 2.75) is 10.1 Å². The number of amides is 1. The Morgan fingerprint density at radius 3 is 2.76 bits per heavy atom. The van der Waals surface area contributed by atoms with E-state index in [0.29, 0.717) is 46.0 Å². The van der Waals surface area contributed by atoms with Crippen molar-refractivity contribution in [1.82, 2.24) is 9.55 Å². The van der Waals surface area contributed by atoms with E-state index in [1.807, 2.05) is 6.07 Å². The van der Waals surface area contributed by atoms with Gasteiger partial charge in [0.2, 0.25) is 0 Å². The highest BCUT2D eigenvalue weighted by molar-refractivity contribution is 7.99. The number of fused-ring (bicyclic) bond motifs is 1. The van der Waals surface area contributed by atoms with E-state index in [1.54, 1.807) is 54.3 Å². The number of carbonyl (C=O) groups excluding carboxylic acids is 1. The van der Waals surface area contributed by atoms with Crippen LogP contribution in [0.1, 0.15) is 5.56 Å². The fourth-order valence-corrected chi connectivity index (χ4v) is 3.93. The number of aryl methyl sites for hydroxylation is 1. The molecular formula is C22H17N5O5S. The molecule has 3 aromatic rings. The van der Waals surface area contributed by atoms with E-state index >= 15 is 0 Å². The molecule has 0 unspecified atom stereocenters. The first-order chi connectivity index (χ1) is 15.9. The van der Waals surface area contributed by atoms with Crippen molar-refractivity contribution < 1.29 is 19.2 Å². The lowest BCUT2D eigenvalue weighted by Gasteiger charge is -2.18. The van der Waals surface area contributed by atoms with Crippen LogP contribution in [0, 0.1) is 21.4 Å². The number of nitrogens with zero attached hydrogens (tertiary/aromatic N) is 4. The van der Waals surface area contributed by atoms with Crippen LogP contribution in [0.15, 0.2) is 64.4 Å². The van der Waals surface area contributed by atoms with Gasteiger partial charge in [0, 0.05) is 37.3 Å². The summed E-state index contributed by atoms with van der Waals surface area (Å²) in [7, 11) is 1.79. The average molecular weight is 463 g/mol. The molecule has 10 nitrogen and oxygen atoms in total. The predicted octanol–water partition coefficient (Wildman–Crippen LogP) is 3.80. The minimum absolute atomic E-state index is 0.152. The highest BCUT2D eigenvalue weighted by atomic mass is 32.2. The number of rotatable bonds is 6. The average Bonchev–Trinajstić information content (AvgIpc) is 3.22. The minimum Gasteiger partial charge on any atom is -0.486 e. The molecule has 1 N–H and O–H groups in total. The van der Waals surface area contributed by atoms with Gasteiger partial charge in [0.05, 0.1) is 9.82 Å². The lowest BCUT2D eigenvalue weighted by atomic mass is 10.1. The van der Waals surface area contributed by atoms with Crippen molar-refractivity contribution in [3.05, 3.63) is 70.0 Å². The number of aromatic nitrogens is 2. The molecule has 1 aliphatic rings. The third-order valence-corrected chi connectivity index (χ3v) is 5.78. The van der Waals surface area contributed by atoms with Gasteiger partial charge < -0.3 is 19.4 Å². The normalized spacial score (nSPS) is 12.7. The molecule has 4 rings (SSSR count). The van der Waals surface area contributed by atoms with Crippen LogP contribution < -0.4 is 14.8 Å². The summed E-state index contributed by atoms with van der Waals surface area (Å²) in [6, 6.07) is 11.2. The van der Waals surface area contributed by atoms with E-state index in [2.05, 4.69) is 10.3 Å². The molecule has 2 aromatic carbocycles. The zero-order chi connectivity index (χ0) is 23.4. The van der Waals surface area contributed by atoms with E-state index in [-0.39, 0.29) is 11.3 Å². The summed E-state index contributed by atoms with van der Waals surface area (Å²) in [5.41, 5.74) is 0.419. The maximum absolute atomic E-state index is 12.6. The summed E-state index contributed by atoms with van der Waals surface area (Å²) >= 11 is 1.15. The largest absolute Gasteiger partial charge is 0.486 e. The number of carbonyl (C=O) groups is 1. The molecule has 1 aliphatic heterocycles. The van der Waals surface area contributed by atoms with E-state index in [0.717, 1.165) is 11.8 Å². The van der Waals surface area contributed by atoms with Crippen LogP contribution in [0.3, 0.4) is 0 Å². The number of anilines is 1. The number of nitriles is 1. The molecule has 0 aliphatic carbocycles. The maximum atomic E-state index is 12.6. The van der Waals surface area contributed by atoms with Gasteiger partial charge in [0.1, 0.15) is 24.9 Å². The Hall–Kier alpha value is -4.30. The van der Waals surface area contributed by atoms with Gasteiger partial charge in [-0.1, -0.05) is 6.07 Å². The van der Waals surface area contributed by atoms with Crippen LogP contribution in [0.5, 0.6) is 11.5 Å². The van der Waals surface area contributed by atoms with Crippen LogP contribution in [-0.4, -0.2) is 33.6 Å². The standard InChI is InChI=1S/C22H17N5O5S/c1-26-7-6-24-22(26)33-20-5-2-14(11-17(20)27(29)30)10-15(13-23)21(28)25-16-3-4-18-19(12-16)32-9-8-31-18/h2-7,10-12H,8-9H2,1H3,(H,25,28). The van der Waals surface area contributed by atoms with Gasteiger partial charge in [-0.25, -0.2) is 4.98 Å². The fraction of sp³-hybridized carbons (Fsp3) is 0.136. The number of hydrogen-bond donors (Lipinski definition) is 1. The molecule has 2 heterocycles. The number of benzene rings is 2. The fourth-order valence-electron chi connectivity index (χ4n) is 3.04. The third-order valence-electron chi connectivity index (χ3n) is 4.63. The summed E-state index contributed by atoms with van der Waals surface area (Å²) in [5.74, 6) is 0.423. The van der Waals surface area contributed by atoms with Crippen LogP contribution >= 0.6 is 11.8 Å². The first-order valence-electron chi connectivity index (χ1n) is 9.71. The van der Waals surface area contributed by atoms with Gasteiger partial charge in [-0.3, -0.25) is 14.9 Å². The SMILES string of the molecule is Cn1ccnc1Sc1ccc(C=C(C#N)C(=O)Nc2ccc3c(c2)OCCO3)cc1[N+](=O)[O-]. The number of nitro benzene ring substituents is 1. The molecule has 33 heavy (non-hydrogen) atoms. The molecule has 11 heteroatoms. The number of imidazole rings is 1. The Bertz CT molecular complexity index is 1310. The predicted molar refractivity (Wildman–Crippen MR) is 120 cm³/mol. The Morgan fingerprint density at radius 2 is 2.06 bits per heavy atom. The Labute approximate surface area is 192 Å². The molecule has 1 amide bonds. The quantitative estimate of drug-likeness (QED) is 0.253. The summed E-state index contributed by atoms with van der Waals surface area (Å²) < 4.78 is 12.7. The van der Waals surface area contributed by atoms with Gasteiger partial charge in [-0.2, -0.15) is 5.26 Å². The first kappa shape index (κ1) is 21.9. The van der Waals surface area contributed by atoms with Gasteiger partial charge in [0.25, 0.3) is 11.6 Å². The molecule has 0 saturated carbocycles. The molecule has 0 spiro atoms. The summed E-state index contributed by atoms with van der Waals surface area (Å²) in [5, 5.41) is 24.3. The van der Waals surface area contributed by atoms with Crippen molar-refractivity contribution in [2.24, 2.45) is 7.05 Å². The van der Waals surface area contributed by atoms with Crippen molar-refractivity contribution in [1.29, 1.82) is 5.26 Å². The zero-order valence-corrected chi connectivity index (χ0v) is 18.2. The van der Waals surface area contributed by atoms with Crippen LogP contribution in [0.2, 0.25) is 0 Å². The van der Waals surface area contributed by atoms with Crippen molar-refractivity contribution >= 4 is 35.1 Å². The van der Waals surface area contributed by atoms with E-state index in [9.17, 15) is 20.2 Å². The first-order valence-corrected chi connectivity index (χ1v) is 10.5. The Morgan fingerprint density at radius 1 is 1.27 bits per heavy atom. The highest BCUT2D eigenvalue weighted by Crippen LogP contribution is 2.35. The number of nitro groups is 1. The minimum atomic E-state index is -0.650. The Kier molecular flexibility index (Phi) is 6.28. The summed E-state index contributed by atoms with van der Waals surface area (Å²) in [6.07, 6.45) is 4.64. The van der Waals surface area contributed by atoms with Crippen molar-refractivity contribution in [3.8, 4) is 17.6 Å². The number of ether oxygens (including phenoxy) is 2. The molecule has 166 valence electrons. The lowest BCUT2D eigenvalue weighted by Crippen LogP contribution is -2.17. The van der Waals surface area contributed by atoms with Gasteiger partial charge in [0.15, 0.2) is 16.7 Å². The van der Waals surface area contributed by atoms with E-state index < -0.39 is 10.8 Å². The topological polar surface area (TPSA) is 132 Å². The van der Waals surface area contributed by atoms with Crippen LogP contribution in [-0.2, 0) is 11.8 Å². The molecule has 0 fully saturated rings. The summed E-state index contributed by atoms with van der Waals surface area (Å²) in [4.78, 5) is 28.3. The van der Waals surface area contributed by atoms with Crippen LogP contribution in [0.4, 0.5) is 11.4 Å². The second-order valence-corrected chi connectivity index (χ2v) is 7.90. The van der Waals surface area contributed by atoms with E-state index in [1.165, 1.54) is 12.1 Å². The monoisotopic (exact) mass is 463 g/mol. The van der Waals surface area contributed by atoms with Gasteiger partial charge in [-0.05, 0) is 41.6 Å². The molecule has 0 atom stereocenters. The van der Waals surface area contributed by atoms with Gasteiger partial charge in [-0.15, -0.1) is 0 Å². The molecule has 1 aromatic heterocycles.